The summed E-state index contributed by atoms with van der Waals surface area (Å²) >= 11 is 0. The van der Waals surface area contributed by atoms with Crippen molar-refractivity contribution in [3.05, 3.63) is 99.9 Å². The first-order valence-electron chi connectivity index (χ1n) is 9.10. The second-order valence-corrected chi connectivity index (χ2v) is 6.78. The predicted octanol–water partition coefficient (Wildman–Crippen LogP) is 4.39. The topological polar surface area (TPSA) is 64.0 Å². The van der Waals surface area contributed by atoms with Gasteiger partial charge < -0.3 is 5.32 Å². The van der Waals surface area contributed by atoms with Crippen LogP contribution in [-0.4, -0.2) is 15.5 Å². The van der Waals surface area contributed by atoms with Crippen molar-refractivity contribution >= 4 is 22.5 Å². The van der Waals surface area contributed by atoms with Crippen LogP contribution in [0.3, 0.4) is 0 Å². The Hall–Kier alpha value is -3.80. The first kappa shape index (κ1) is 18.6. The van der Waals surface area contributed by atoms with Crippen LogP contribution in [0.5, 0.6) is 0 Å². The molecule has 1 amide bonds. The lowest BCUT2D eigenvalue weighted by Crippen LogP contribution is -2.22. The summed E-state index contributed by atoms with van der Waals surface area (Å²) in [6.45, 7) is 3.41. The third-order valence-electron chi connectivity index (χ3n) is 4.76. The highest BCUT2D eigenvalue weighted by atomic mass is 19.1. The third kappa shape index (κ3) is 3.52. The molecule has 0 radical (unpaired) electrons. The summed E-state index contributed by atoms with van der Waals surface area (Å²) in [5.74, 6) is -0.260. The highest BCUT2D eigenvalue weighted by molar-refractivity contribution is 6.04. The van der Waals surface area contributed by atoms with Crippen molar-refractivity contribution in [1.29, 1.82) is 0 Å². The van der Waals surface area contributed by atoms with Crippen LogP contribution in [0.1, 0.15) is 21.7 Å². The Bertz CT molecular complexity index is 1290. The van der Waals surface area contributed by atoms with Crippen LogP contribution in [0.15, 0.2) is 71.5 Å². The molecule has 0 saturated heterocycles. The standard InChI is InChI=1S/C23H18FN3O2/c1-14-7-8-16(13-20(14)24)22(28)26-17-9-11-18(12-10-17)27-15(2)25-21-6-4-3-5-19(21)23(27)29/h3-13H,1-2H3,(H,26,28). The van der Waals surface area contributed by atoms with E-state index in [0.717, 1.165) is 0 Å². The van der Waals surface area contributed by atoms with Crippen LogP contribution < -0.4 is 10.9 Å². The second-order valence-electron chi connectivity index (χ2n) is 6.78. The number of halogens is 1. The molecule has 1 aromatic heterocycles. The molecule has 0 aliphatic carbocycles. The van der Waals surface area contributed by atoms with Gasteiger partial charge in [-0.15, -0.1) is 0 Å². The fraction of sp³-hybridized carbons (Fsp3) is 0.0870. The van der Waals surface area contributed by atoms with Gasteiger partial charge in [0, 0.05) is 11.3 Å². The van der Waals surface area contributed by atoms with Crippen LogP contribution in [-0.2, 0) is 0 Å². The van der Waals surface area contributed by atoms with Crippen molar-refractivity contribution in [3.63, 3.8) is 0 Å². The largest absolute Gasteiger partial charge is 0.322 e. The number of fused-ring (bicyclic) bond motifs is 1. The summed E-state index contributed by atoms with van der Waals surface area (Å²) < 4.78 is 15.2. The molecule has 0 aliphatic rings. The van der Waals surface area contributed by atoms with Gasteiger partial charge >= 0.3 is 0 Å². The molecule has 0 aliphatic heterocycles. The van der Waals surface area contributed by atoms with Crippen molar-refractivity contribution in [3.8, 4) is 5.69 Å². The molecule has 0 saturated carbocycles. The lowest BCUT2D eigenvalue weighted by atomic mass is 10.1. The van der Waals surface area contributed by atoms with E-state index >= 15 is 0 Å². The fourth-order valence-electron chi connectivity index (χ4n) is 3.18. The zero-order valence-electron chi connectivity index (χ0n) is 15.9. The van der Waals surface area contributed by atoms with Gasteiger partial charge in [-0.05, 0) is 67.9 Å². The molecule has 144 valence electrons. The molecule has 1 heterocycles. The summed E-state index contributed by atoms with van der Waals surface area (Å²) in [7, 11) is 0. The molecule has 4 aromatic rings. The summed E-state index contributed by atoms with van der Waals surface area (Å²) in [6.07, 6.45) is 0. The Morgan fingerprint density at radius 3 is 2.45 bits per heavy atom. The maximum atomic E-state index is 13.7. The quantitative estimate of drug-likeness (QED) is 0.567. The Balaban J connectivity index is 1.63. The molecule has 6 heteroatoms. The number of benzene rings is 3. The molecule has 1 N–H and O–H groups in total. The van der Waals surface area contributed by atoms with E-state index in [4.69, 9.17) is 0 Å². The number of carbonyl (C=O) groups is 1. The number of amides is 1. The number of hydrogen-bond acceptors (Lipinski definition) is 3. The third-order valence-corrected chi connectivity index (χ3v) is 4.76. The summed E-state index contributed by atoms with van der Waals surface area (Å²) in [5, 5.41) is 3.27. The number of para-hydroxylation sites is 1. The van der Waals surface area contributed by atoms with Gasteiger partial charge in [0.05, 0.1) is 16.6 Å². The molecular formula is C23H18FN3O2. The number of hydrogen-bond donors (Lipinski definition) is 1. The van der Waals surface area contributed by atoms with Gasteiger partial charge in [0.1, 0.15) is 11.6 Å². The van der Waals surface area contributed by atoms with E-state index in [-0.39, 0.29) is 11.1 Å². The first-order valence-corrected chi connectivity index (χ1v) is 9.10. The number of anilines is 1. The second kappa shape index (κ2) is 7.31. The maximum absolute atomic E-state index is 13.7. The lowest BCUT2D eigenvalue weighted by molar-refractivity contribution is 0.102. The van der Waals surface area contributed by atoms with Gasteiger partial charge in [-0.1, -0.05) is 18.2 Å². The van der Waals surface area contributed by atoms with E-state index in [1.807, 2.05) is 6.07 Å². The first-order chi connectivity index (χ1) is 13.9. The van der Waals surface area contributed by atoms with Crippen molar-refractivity contribution < 1.29 is 9.18 Å². The average molecular weight is 387 g/mol. The summed E-state index contributed by atoms with van der Waals surface area (Å²) in [6, 6.07) is 18.4. The van der Waals surface area contributed by atoms with Gasteiger partial charge in [0.2, 0.25) is 0 Å². The SMILES string of the molecule is Cc1ccc(C(=O)Nc2ccc(-n3c(C)nc4ccccc4c3=O)cc2)cc1F. The lowest BCUT2D eigenvalue weighted by Gasteiger charge is -2.12. The minimum atomic E-state index is -0.424. The number of carbonyl (C=O) groups excluding carboxylic acids is 1. The summed E-state index contributed by atoms with van der Waals surface area (Å²) in [4.78, 5) is 29.7. The molecule has 3 aromatic carbocycles. The number of nitrogens with zero attached hydrogens (tertiary/aromatic N) is 2. The van der Waals surface area contributed by atoms with E-state index in [9.17, 15) is 14.0 Å². The predicted molar refractivity (Wildman–Crippen MR) is 111 cm³/mol. The van der Waals surface area contributed by atoms with E-state index < -0.39 is 11.7 Å². The Morgan fingerprint density at radius 1 is 1.00 bits per heavy atom. The highest BCUT2D eigenvalue weighted by Crippen LogP contribution is 2.17. The molecule has 0 bridgehead atoms. The Morgan fingerprint density at radius 2 is 1.72 bits per heavy atom. The number of rotatable bonds is 3. The number of nitrogens with one attached hydrogen (secondary N) is 1. The molecule has 0 spiro atoms. The van der Waals surface area contributed by atoms with Gasteiger partial charge in [0.15, 0.2) is 0 Å². The van der Waals surface area contributed by atoms with Gasteiger partial charge in [-0.25, -0.2) is 9.37 Å². The number of aromatic nitrogens is 2. The Labute approximate surface area is 166 Å². The zero-order valence-corrected chi connectivity index (χ0v) is 15.9. The molecule has 4 rings (SSSR count). The van der Waals surface area contributed by atoms with Gasteiger partial charge in [0.25, 0.3) is 11.5 Å². The van der Waals surface area contributed by atoms with Crippen LogP contribution in [0.2, 0.25) is 0 Å². The highest BCUT2D eigenvalue weighted by Gasteiger charge is 2.11. The van der Waals surface area contributed by atoms with Crippen molar-refractivity contribution in [1.82, 2.24) is 9.55 Å². The molecule has 0 fully saturated rings. The van der Waals surface area contributed by atoms with E-state index in [1.54, 1.807) is 68.4 Å². The fourth-order valence-corrected chi connectivity index (χ4v) is 3.18. The molecule has 0 unspecified atom stereocenters. The molecule has 29 heavy (non-hydrogen) atoms. The average Bonchev–Trinajstić information content (AvgIpc) is 2.71. The minimum Gasteiger partial charge on any atom is -0.322 e. The molecular weight excluding hydrogens is 369 g/mol. The molecule has 0 atom stereocenters. The maximum Gasteiger partial charge on any atom is 0.265 e. The normalized spacial score (nSPS) is 10.9. The summed E-state index contributed by atoms with van der Waals surface area (Å²) in [5.41, 5.74) is 2.41. The van der Waals surface area contributed by atoms with E-state index in [2.05, 4.69) is 10.3 Å². The van der Waals surface area contributed by atoms with Crippen LogP contribution in [0.4, 0.5) is 10.1 Å². The van der Waals surface area contributed by atoms with E-state index in [1.165, 1.54) is 10.6 Å². The van der Waals surface area contributed by atoms with Crippen molar-refractivity contribution in [2.75, 3.05) is 5.32 Å². The van der Waals surface area contributed by atoms with E-state index in [0.29, 0.717) is 33.7 Å². The zero-order chi connectivity index (χ0) is 20.5. The number of aryl methyl sites for hydroxylation is 2. The van der Waals surface area contributed by atoms with Gasteiger partial charge in [-0.3, -0.25) is 14.2 Å². The van der Waals surface area contributed by atoms with Crippen LogP contribution in [0, 0.1) is 19.7 Å². The van der Waals surface area contributed by atoms with Crippen molar-refractivity contribution in [2.45, 2.75) is 13.8 Å². The van der Waals surface area contributed by atoms with Crippen LogP contribution >= 0.6 is 0 Å². The minimum absolute atomic E-state index is 0.153. The molecule has 5 nitrogen and oxygen atoms in total. The van der Waals surface area contributed by atoms with Gasteiger partial charge in [-0.2, -0.15) is 0 Å². The smallest absolute Gasteiger partial charge is 0.265 e. The van der Waals surface area contributed by atoms with Crippen LogP contribution in [0.25, 0.3) is 16.6 Å². The monoisotopic (exact) mass is 387 g/mol. The Kier molecular flexibility index (Phi) is 4.68. The van der Waals surface area contributed by atoms with Crippen molar-refractivity contribution in [2.24, 2.45) is 0 Å².